The largest absolute Gasteiger partial charge is 0.382 e. The van der Waals surface area contributed by atoms with Crippen LogP contribution in [0, 0.1) is 22.7 Å². The molecule has 1 aromatic rings. The van der Waals surface area contributed by atoms with Gasteiger partial charge in [0.25, 0.3) is 0 Å². The van der Waals surface area contributed by atoms with Crippen LogP contribution < -0.4 is 5.73 Å². The van der Waals surface area contributed by atoms with Crippen LogP contribution in [-0.4, -0.2) is 9.97 Å². The summed E-state index contributed by atoms with van der Waals surface area (Å²) in [4.78, 5) is 8.11. The Morgan fingerprint density at radius 1 is 1.06 bits per heavy atom. The third-order valence-corrected chi connectivity index (χ3v) is 2.90. The van der Waals surface area contributed by atoms with Gasteiger partial charge in [0.2, 0.25) is 0 Å². The van der Waals surface area contributed by atoms with Crippen LogP contribution in [-0.2, 0) is 0 Å². The Morgan fingerprint density at radius 2 is 1.62 bits per heavy atom. The van der Waals surface area contributed by atoms with E-state index in [1.54, 1.807) is 0 Å². The van der Waals surface area contributed by atoms with Crippen LogP contribution in [0.25, 0.3) is 0 Å². The van der Waals surface area contributed by atoms with Gasteiger partial charge < -0.3 is 5.73 Å². The van der Waals surface area contributed by atoms with Crippen molar-refractivity contribution >= 4 is 5.82 Å². The molecule has 5 heteroatoms. The molecular formula is C11H11N5. The van der Waals surface area contributed by atoms with Gasteiger partial charge in [0.15, 0.2) is 11.4 Å². The maximum Gasteiger partial charge on any atom is 0.179 e. The number of hydrogen-bond donors (Lipinski definition) is 1. The summed E-state index contributed by atoms with van der Waals surface area (Å²) in [5, 5.41) is 17.6. The van der Waals surface area contributed by atoms with Crippen molar-refractivity contribution in [1.82, 2.24) is 9.97 Å². The van der Waals surface area contributed by atoms with Gasteiger partial charge in [-0.1, -0.05) is 12.8 Å². The van der Waals surface area contributed by atoms with Crippen molar-refractivity contribution in [2.24, 2.45) is 0 Å². The van der Waals surface area contributed by atoms with Crippen LogP contribution in [0.3, 0.4) is 0 Å². The van der Waals surface area contributed by atoms with E-state index in [2.05, 4.69) is 9.97 Å². The second-order valence-electron chi connectivity index (χ2n) is 3.90. The first kappa shape index (κ1) is 10.4. The summed E-state index contributed by atoms with van der Waals surface area (Å²) in [6.07, 6.45) is 4.40. The molecule has 2 N–H and O–H groups in total. The number of nitrogens with zero attached hydrogens (tertiary/aromatic N) is 4. The molecule has 1 aromatic heterocycles. The van der Waals surface area contributed by atoms with Crippen molar-refractivity contribution in [2.75, 3.05) is 5.73 Å². The first-order chi connectivity index (χ1) is 7.76. The van der Waals surface area contributed by atoms with Crippen molar-refractivity contribution in [2.45, 2.75) is 31.6 Å². The minimum Gasteiger partial charge on any atom is -0.382 e. The summed E-state index contributed by atoms with van der Waals surface area (Å²) in [5.74, 6) is 0.592. The number of nitrogen functional groups attached to an aromatic ring is 1. The third kappa shape index (κ3) is 1.68. The fourth-order valence-corrected chi connectivity index (χ4v) is 2.12. The highest BCUT2D eigenvalue weighted by molar-refractivity contribution is 5.46. The van der Waals surface area contributed by atoms with Crippen molar-refractivity contribution in [3.63, 3.8) is 0 Å². The predicted molar refractivity (Wildman–Crippen MR) is 57.1 cm³/mol. The van der Waals surface area contributed by atoms with E-state index >= 15 is 0 Å². The standard InChI is InChI=1S/C11H11N5/c12-5-8-9(6-13)16-11(14)10(15-8)7-3-1-2-4-7/h7H,1-4H2,(H2,14,16). The first-order valence-electron chi connectivity index (χ1n) is 5.24. The van der Waals surface area contributed by atoms with Crippen LogP contribution in [0.4, 0.5) is 5.82 Å². The van der Waals surface area contributed by atoms with Crippen LogP contribution >= 0.6 is 0 Å². The molecule has 0 aliphatic heterocycles. The average Bonchev–Trinajstić information content (AvgIpc) is 2.82. The minimum absolute atomic E-state index is 0.0155. The molecule has 0 aromatic carbocycles. The lowest BCUT2D eigenvalue weighted by Crippen LogP contribution is -2.08. The Hall–Kier alpha value is -2.14. The fraction of sp³-hybridized carbons (Fsp3) is 0.455. The zero-order valence-corrected chi connectivity index (χ0v) is 8.77. The summed E-state index contributed by atoms with van der Waals surface area (Å²) in [6, 6.07) is 3.71. The van der Waals surface area contributed by atoms with E-state index in [9.17, 15) is 0 Å². The van der Waals surface area contributed by atoms with Gasteiger partial charge in [0, 0.05) is 5.92 Å². The van der Waals surface area contributed by atoms with Gasteiger partial charge in [-0.2, -0.15) is 10.5 Å². The molecule has 0 amide bonds. The number of rotatable bonds is 1. The molecule has 0 spiro atoms. The molecule has 2 rings (SSSR count). The summed E-state index contributed by atoms with van der Waals surface area (Å²) < 4.78 is 0. The Kier molecular flexibility index (Phi) is 2.70. The Balaban J connectivity index is 2.47. The molecule has 1 heterocycles. The highest BCUT2D eigenvalue weighted by Crippen LogP contribution is 2.35. The lowest BCUT2D eigenvalue weighted by molar-refractivity contribution is 0.694. The zero-order valence-electron chi connectivity index (χ0n) is 8.77. The highest BCUT2D eigenvalue weighted by Gasteiger charge is 2.23. The van der Waals surface area contributed by atoms with Crippen LogP contribution in [0.5, 0.6) is 0 Å². The van der Waals surface area contributed by atoms with E-state index < -0.39 is 0 Å². The summed E-state index contributed by atoms with van der Waals surface area (Å²) in [7, 11) is 0. The van der Waals surface area contributed by atoms with Gasteiger partial charge in [0.1, 0.15) is 18.0 Å². The van der Waals surface area contributed by atoms with Gasteiger partial charge in [0.05, 0.1) is 5.69 Å². The SMILES string of the molecule is N#Cc1nc(N)c(C2CCCC2)nc1C#N. The maximum atomic E-state index is 8.86. The van der Waals surface area contributed by atoms with Crippen LogP contribution in [0.2, 0.25) is 0 Å². The van der Waals surface area contributed by atoms with E-state index in [0.717, 1.165) is 25.7 Å². The normalized spacial score (nSPS) is 15.6. The molecule has 0 bridgehead atoms. The van der Waals surface area contributed by atoms with Crippen molar-refractivity contribution in [3.05, 3.63) is 17.1 Å². The monoisotopic (exact) mass is 213 g/mol. The molecule has 1 saturated carbocycles. The first-order valence-corrected chi connectivity index (χ1v) is 5.24. The van der Waals surface area contributed by atoms with E-state index in [1.807, 2.05) is 12.1 Å². The van der Waals surface area contributed by atoms with E-state index in [4.69, 9.17) is 16.3 Å². The fourth-order valence-electron chi connectivity index (χ4n) is 2.12. The second-order valence-corrected chi connectivity index (χ2v) is 3.90. The number of aromatic nitrogens is 2. The Morgan fingerprint density at radius 3 is 2.19 bits per heavy atom. The smallest absolute Gasteiger partial charge is 0.179 e. The molecule has 0 radical (unpaired) electrons. The molecule has 1 aliphatic carbocycles. The average molecular weight is 213 g/mol. The van der Waals surface area contributed by atoms with Gasteiger partial charge in [-0.3, -0.25) is 0 Å². The molecule has 16 heavy (non-hydrogen) atoms. The van der Waals surface area contributed by atoms with Crippen molar-refractivity contribution in [3.8, 4) is 12.1 Å². The quantitative estimate of drug-likeness (QED) is 0.761. The van der Waals surface area contributed by atoms with Crippen molar-refractivity contribution < 1.29 is 0 Å². The van der Waals surface area contributed by atoms with Gasteiger partial charge in [-0.15, -0.1) is 0 Å². The number of anilines is 1. The lowest BCUT2D eigenvalue weighted by Gasteiger charge is -2.10. The molecule has 0 atom stereocenters. The molecule has 1 fully saturated rings. The van der Waals surface area contributed by atoms with E-state index in [0.29, 0.717) is 17.4 Å². The summed E-state index contributed by atoms with van der Waals surface area (Å²) in [5.41, 5.74) is 6.55. The topological polar surface area (TPSA) is 99.4 Å². The van der Waals surface area contributed by atoms with Crippen LogP contribution in [0.15, 0.2) is 0 Å². The van der Waals surface area contributed by atoms with Gasteiger partial charge in [-0.05, 0) is 12.8 Å². The second kappa shape index (κ2) is 4.16. The van der Waals surface area contributed by atoms with Gasteiger partial charge >= 0.3 is 0 Å². The third-order valence-electron chi connectivity index (χ3n) is 2.90. The predicted octanol–water partition coefficient (Wildman–Crippen LogP) is 1.46. The highest BCUT2D eigenvalue weighted by atomic mass is 14.9. The van der Waals surface area contributed by atoms with Crippen molar-refractivity contribution in [1.29, 1.82) is 10.5 Å². The number of nitrogens with two attached hydrogens (primary N) is 1. The zero-order chi connectivity index (χ0) is 11.5. The molecule has 0 saturated heterocycles. The number of nitriles is 2. The van der Waals surface area contributed by atoms with Crippen LogP contribution in [0.1, 0.15) is 48.7 Å². The van der Waals surface area contributed by atoms with Gasteiger partial charge in [-0.25, -0.2) is 9.97 Å². The van der Waals surface area contributed by atoms with E-state index in [1.165, 1.54) is 0 Å². The van der Waals surface area contributed by atoms with E-state index in [-0.39, 0.29) is 11.4 Å². The molecule has 0 unspecified atom stereocenters. The summed E-state index contributed by atoms with van der Waals surface area (Å²) in [6.45, 7) is 0. The minimum atomic E-state index is 0.0155. The summed E-state index contributed by atoms with van der Waals surface area (Å²) >= 11 is 0. The number of hydrogen-bond acceptors (Lipinski definition) is 5. The Labute approximate surface area is 93.5 Å². The molecular weight excluding hydrogens is 202 g/mol. The maximum absolute atomic E-state index is 8.86. The molecule has 1 aliphatic rings. The molecule has 5 nitrogen and oxygen atoms in total. The Bertz CT molecular complexity index is 488. The lowest BCUT2D eigenvalue weighted by atomic mass is 10.0. The molecule has 80 valence electrons.